The van der Waals surface area contributed by atoms with Gasteiger partial charge in [-0.05, 0) is 25.0 Å². The van der Waals surface area contributed by atoms with Gasteiger partial charge < -0.3 is 10.2 Å². The molecule has 2 aliphatic heterocycles. The maximum Gasteiger partial charge on any atom is 0.282 e. The van der Waals surface area contributed by atoms with Gasteiger partial charge in [0.1, 0.15) is 23.5 Å². The third kappa shape index (κ3) is 2.76. The Balaban J connectivity index is 1.43. The summed E-state index contributed by atoms with van der Waals surface area (Å²) in [6.45, 7) is 1.55. The monoisotopic (exact) mass is 385 g/mol. The fourth-order valence-electron chi connectivity index (χ4n) is 3.89. The Labute approximate surface area is 158 Å². The predicted molar refractivity (Wildman–Crippen MR) is 95.9 cm³/mol. The third-order valence-electron chi connectivity index (χ3n) is 5.47. The van der Waals surface area contributed by atoms with Crippen LogP contribution in [-0.4, -0.2) is 49.1 Å². The van der Waals surface area contributed by atoms with Crippen LogP contribution in [0.2, 0.25) is 0 Å². The smallest absolute Gasteiger partial charge is 0.282 e. The molecule has 0 radical (unpaired) electrons. The SMILES string of the molecule is O=C1CC2(CCN(c3cc(-c4cnc5ccc(C(F)F)nn45)ncn3)CC2)N1. The summed E-state index contributed by atoms with van der Waals surface area (Å²) in [6, 6.07) is 4.60. The molecular formula is C18H17F2N7O. The van der Waals surface area contributed by atoms with E-state index in [0.717, 1.165) is 31.7 Å². The molecule has 1 amide bonds. The molecule has 2 saturated heterocycles. The van der Waals surface area contributed by atoms with Gasteiger partial charge in [0.25, 0.3) is 6.43 Å². The minimum Gasteiger partial charge on any atom is -0.356 e. The molecule has 5 rings (SSSR count). The Kier molecular flexibility index (Phi) is 3.74. The molecule has 2 fully saturated rings. The lowest BCUT2D eigenvalue weighted by molar-refractivity contribution is -0.133. The Morgan fingerprint density at radius 3 is 2.64 bits per heavy atom. The summed E-state index contributed by atoms with van der Waals surface area (Å²) in [5.41, 5.74) is 1.19. The predicted octanol–water partition coefficient (Wildman–Crippen LogP) is 1.98. The van der Waals surface area contributed by atoms with Gasteiger partial charge in [0, 0.05) is 25.6 Å². The summed E-state index contributed by atoms with van der Waals surface area (Å²) in [5, 5.41) is 7.01. The summed E-state index contributed by atoms with van der Waals surface area (Å²) >= 11 is 0. The van der Waals surface area contributed by atoms with Crippen molar-refractivity contribution in [2.45, 2.75) is 31.2 Å². The summed E-state index contributed by atoms with van der Waals surface area (Å²) in [4.78, 5) is 26.3. The number of piperidine rings is 1. The number of nitrogens with one attached hydrogen (secondary N) is 1. The number of alkyl halides is 2. The number of hydrogen-bond acceptors (Lipinski definition) is 6. The summed E-state index contributed by atoms with van der Waals surface area (Å²) in [6.07, 6.45) is 2.69. The van der Waals surface area contributed by atoms with Crippen LogP contribution in [0.4, 0.5) is 14.6 Å². The van der Waals surface area contributed by atoms with Crippen molar-refractivity contribution in [2.24, 2.45) is 0 Å². The van der Waals surface area contributed by atoms with Crippen molar-refractivity contribution in [2.75, 3.05) is 18.0 Å². The van der Waals surface area contributed by atoms with Gasteiger partial charge in [0.05, 0.1) is 17.4 Å². The summed E-state index contributed by atoms with van der Waals surface area (Å²) in [5.74, 6) is 0.867. The molecule has 1 spiro atoms. The van der Waals surface area contributed by atoms with Gasteiger partial charge in [-0.2, -0.15) is 5.10 Å². The maximum absolute atomic E-state index is 13.0. The molecule has 0 unspecified atom stereocenters. The van der Waals surface area contributed by atoms with Crippen LogP contribution in [0.25, 0.3) is 17.0 Å². The van der Waals surface area contributed by atoms with Crippen LogP contribution in [0.5, 0.6) is 0 Å². The minimum absolute atomic E-state index is 0.0549. The number of fused-ring (bicyclic) bond motifs is 1. The van der Waals surface area contributed by atoms with Crippen LogP contribution >= 0.6 is 0 Å². The lowest BCUT2D eigenvalue weighted by atomic mass is 9.78. The molecule has 0 bridgehead atoms. The highest BCUT2D eigenvalue weighted by molar-refractivity contribution is 5.84. The molecule has 28 heavy (non-hydrogen) atoms. The molecule has 0 aromatic carbocycles. The van der Waals surface area contributed by atoms with Crippen LogP contribution in [0, 0.1) is 0 Å². The minimum atomic E-state index is -2.66. The highest BCUT2D eigenvalue weighted by atomic mass is 19.3. The molecule has 3 aromatic rings. The van der Waals surface area contributed by atoms with Gasteiger partial charge in [-0.25, -0.2) is 28.2 Å². The van der Waals surface area contributed by atoms with E-state index < -0.39 is 6.43 Å². The Morgan fingerprint density at radius 1 is 1.14 bits per heavy atom. The molecule has 144 valence electrons. The second kappa shape index (κ2) is 6.18. The van der Waals surface area contributed by atoms with E-state index in [1.165, 1.54) is 23.0 Å². The van der Waals surface area contributed by atoms with Gasteiger partial charge in [-0.15, -0.1) is 0 Å². The van der Waals surface area contributed by atoms with E-state index in [2.05, 4.69) is 30.3 Å². The molecule has 0 aliphatic carbocycles. The van der Waals surface area contributed by atoms with E-state index in [9.17, 15) is 13.6 Å². The topological polar surface area (TPSA) is 88.3 Å². The molecule has 1 N–H and O–H groups in total. The van der Waals surface area contributed by atoms with Crippen molar-refractivity contribution in [3.63, 3.8) is 0 Å². The van der Waals surface area contributed by atoms with Crippen molar-refractivity contribution < 1.29 is 13.6 Å². The molecule has 2 aliphatic rings. The number of carbonyl (C=O) groups is 1. The first-order valence-electron chi connectivity index (χ1n) is 9.04. The molecule has 3 aromatic heterocycles. The number of imidazole rings is 1. The number of anilines is 1. The summed E-state index contributed by atoms with van der Waals surface area (Å²) < 4.78 is 27.4. The van der Waals surface area contributed by atoms with Gasteiger partial charge in [-0.3, -0.25) is 4.79 Å². The fourth-order valence-corrected chi connectivity index (χ4v) is 3.89. The zero-order valence-corrected chi connectivity index (χ0v) is 14.8. The van der Waals surface area contributed by atoms with Crippen LogP contribution < -0.4 is 10.2 Å². The molecular weight excluding hydrogens is 368 g/mol. The van der Waals surface area contributed by atoms with Crippen molar-refractivity contribution >= 4 is 17.4 Å². The van der Waals surface area contributed by atoms with Crippen molar-refractivity contribution in [3.8, 4) is 11.4 Å². The van der Waals surface area contributed by atoms with Crippen LogP contribution in [0.3, 0.4) is 0 Å². The number of carbonyl (C=O) groups excluding carboxylic acids is 1. The molecule has 8 nitrogen and oxygen atoms in total. The first-order chi connectivity index (χ1) is 13.5. The summed E-state index contributed by atoms with van der Waals surface area (Å²) in [7, 11) is 0. The average Bonchev–Trinajstić information content (AvgIpc) is 3.11. The Bertz CT molecular complexity index is 1050. The van der Waals surface area contributed by atoms with E-state index in [1.54, 1.807) is 6.20 Å². The van der Waals surface area contributed by atoms with Crippen molar-refractivity contribution in [3.05, 3.63) is 36.4 Å². The van der Waals surface area contributed by atoms with E-state index in [-0.39, 0.29) is 17.1 Å². The Morgan fingerprint density at radius 2 is 1.93 bits per heavy atom. The second-order valence-corrected chi connectivity index (χ2v) is 7.23. The Hall–Kier alpha value is -3.17. The lowest BCUT2D eigenvalue weighted by Crippen LogP contribution is -2.65. The first kappa shape index (κ1) is 17.0. The lowest BCUT2D eigenvalue weighted by Gasteiger charge is -2.48. The molecule has 0 saturated carbocycles. The number of amides is 1. The number of aromatic nitrogens is 5. The van der Waals surface area contributed by atoms with Crippen LogP contribution in [-0.2, 0) is 4.79 Å². The van der Waals surface area contributed by atoms with E-state index in [1.807, 2.05) is 6.07 Å². The van der Waals surface area contributed by atoms with Crippen molar-refractivity contribution in [1.82, 2.24) is 29.9 Å². The van der Waals surface area contributed by atoms with Gasteiger partial charge in [0.15, 0.2) is 5.65 Å². The highest BCUT2D eigenvalue weighted by Gasteiger charge is 2.44. The average molecular weight is 385 g/mol. The zero-order valence-electron chi connectivity index (χ0n) is 14.8. The van der Waals surface area contributed by atoms with Crippen LogP contribution in [0.1, 0.15) is 31.4 Å². The number of β-lactam (4-membered cyclic amide) rings is 1. The molecule has 0 atom stereocenters. The number of halogens is 2. The standard InChI is InChI=1S/C18H17F2N7O/c19-17(20)11-1-2-14-21-9-13(27(14)25-11)12-7-15(23-10-22-12)26-5-3-18(4-6-26)8-16(28)24-18/h1-2,7,9-10,17H,3-6,8H2,(H,24,28). The number of hydrogen-bond donors (Lipinski definition) is 1. The largest absolute Gasteiger partial charge is 0.356 e. The van der Waals surface area contributed by atoms with Gasteiger partial charge >= 0.3 is 0 Å². The van der Waals surface area contributed by atoms with E-state index >= 15 is 0 Å². The van der Waals surface area contributed by atoms with Crippen molar-refractivity contribution in [1.29, 1.82) is 0 Å². The van der Waals surface area contributed by atoms with Gasteiger partial charge in [-0.1, -0.05) is 0 Å². The molecule has 5 heterocycles. The van der Waals surface area contributed by atoms with Crippen LogP contribution in [0.15, 0.2) is 30.7 Å². The molecule has 10 heteroatoms. The quantitative estimate of drug-likeness (QED) is 0.694. The first-order valence-corrected chi connectivity index (χ1v) is 9.04. The number of rotatable bonds is 3. The van der Waals surface area contributed by atoms with E-state index in [0.29, 0.717) is 23.5 Å². The highest BCUT2D eigenvalue weighted by Crippen LogP contribution is 2.33. The van der Waals surface area contributed by atoms with Gasteiger partial charge in [0.2, 0.25) is 5.91 Å². The van der Waals surface area contributed by atoms with E-state index in [4.69, 9.17) is 0 Å². The second-order valence-electron chi connectivity index (χ2n) is 7.23. The zero-order chi connectivity index (χ0) is 19.3. The number of nitrogens with zero attached hydrogens (tertiary/aromatic N) is 6. The fraction of sp³-hybridized carbons (Fsp3) is 0.389. The normalized spacial score (nSPS) is 18.5. The maximum atomic E-state index is 13.0. The third-order valence-corrected chi connectivity index (χ3v) is 5.47.